The molecule has 0 bridgehead atoms. The van der Waals surface area contributed by atoms with E-state index in [2.05, 4.69) is 6.92 Å². The topological polar surface area (TPSA) is 76.1 Å². The quantitative estimate of drug-likeness (QED) is 0.674. The van der Waals surface area contributed by atoms with E-state index in [-0.39, 0.29) is 31.6 Å². The van der Waals surface area contributed by atoms with Gasteiger partial charge in [0, 0.05) is 13.2 Å². The second kappa shape index (κ2) is 8.05. The maximum absolute atomic E-state index is 11.9. The van der Waals surface area contributed by atoms with E-state index in [1.165, 1.54) is 0 Å². The Balaban J connectivity index is 2.39. The van der Waals surface area contributed by atoms with Crippen LogP contribution >= 0.6 is 0 Å². The number of hydrogen-bond donors (Lipinski definition) is 1. The summed E-state index contributed by atoms with van der Waals surface area (Å²) in [7, 11) is 0. The van der Waals surface area contributed by atoms with E-state index in [0.717, 1.165) is 12.8 Å². The molecule has 1 saturated heterocycles. The van der Waals surface area contributed by atoms with E-state index in [4.69, 9.17) is 14.6 Å². The molecule has 0 aliphatic carbocycles. The first-order valence-electron chi connectivity index (χ1n) is 6.32. The second-order valence-electron chi connectivity index (χ2n) is 4.32. The third kappa shape index (κ3) is 5.01. The minimum absolute atomic E-state index is 0.0239. The summed E-state index contributed by atoms with van der Waals surface area (Å²) in [5.41, 5.74) is 0. The number of amides is 1. The third-order valence-corrected chi connectivity index (χ3v) is 2.83. The van der Waals surface area contributed by atoms with Crippen LogP contribution < -0.4 is 0 Å². The molecule has 1 rings (SSSR count). The zero-order valence-electron chi connectivity index (χ0n) is 10.8. The first-order valence-corrected chi connectivity index (χ1v) is 6.32. The molecule has 1 N–H and O–H groups in total. The maximum Gasteiger partial charge on any atom is 0.305 e. The Hall–Kier alpha value is -1.14. The van der Waals surface area contributed by atoms with Crippen LogP contribution in [0.5, 0.6) is 0 Å². The van der Waals surface area contributed by atoms with Crippen molar-refractivity contribution in [3.8, 4) is 0 Å². The number of hydrogen-bond acceptors (Lipinski definition) is 4. The van der Waals surface area contributed by atoms with Crippen LogP contribution in [0.25, 0.3) is 0 Å². The van der Waals surface area contributed by atoms with E-state index >= 15 is 0 Å². The van der Waals surface area contributed by atoms with E-state index in [0.29, 0.717) is 19.8 Å². The summed E-state index contributed by atoms with van der Waals surface area (Å²) in [5, 5.41) is 8.79. The van der Waals surface area contributed by atoms with Gasteiger partial charge in [-0.05, 0) is 6.42 Å². The number of aliphatic carboxylic acids is 1. The van der Waals surface area contributed by atoms with Crippen LogP contribution in [-0.4, -0.2) is 60.9 Å². The molecule has 6 heteroatoms. The largest absolute Gasteiger partial charge is 0.481 e. The summed E-state index contributed by atoms with van der Waals surface area (Å²) in [6, 6.07) is -0.376. The van der Waals surface area contributed by atoms with Crippen molar-refractivity contribution >= 4 is 11.9 Å². The van der Waals surface area contributed by atoms with E-state index in [1.807, 2.05) is 0 Å². The fraction of sp³-hybridized carbons (Fsp3) is 0.833. The number of carbonyl (C=O) groups excluding carboxylic acids is 1. The zero-order chi connectivity index (χ0) is 13.4. The molecule has 1 aliphatic heterocycles. The van der Waals surface area contributed by atoms with E-state index in [1.54, 1.807) is 4.90 Å². The molecule has 0 aromatic carbocycles. The first kappa shape index (κ1) is 14.9. The van der Waals surface area contributed by atoms with E-state index in [9.17, 15) is 9.59 Å². The van der Waals surface area contributed by atoms with Gasteiger partial charge < -0.3 is 19.5 Å². The Morgan fingerprint density at radius 2 is 2.28 bits per heavy atom. The second-order valence-corrected chi connectivity index (χ2v) is 4.32. The minimum atomic E-state index is -0.921. The van der Waals surface area contributed by atoms with Gasteiger partial charge in [0.2, 0.25) is 5.91 Å². The number of carboxylic acids is 1. The molecule has 0 aromatic heterocycles. The lowest BCUT2D eigenvalue weighted by Gasteiger charge is -2.34. The van der Waals surface area contributed by atoms with Crippen molar-refractivity contribution in [2.24, 2.45) is 0 Å². The van der Waals surface area contributed by atoms with Crippen molar-refractivity contribution in [3.05, 3.63) is 0 Å². The van der Waals surface area contributed by atoms with Gasteiger partial charge in [-0.3, -0.25) is 9.59 Å². The number of morpholine rings is 1. The number of unbranched alkanes of at least 4 members (excludes halogenated alkanes) is 1. The van der Waals surface area contributed by atoms with Crippen LogP contribution in [0.2, 0.25) is 0 Å². The molecule has 0 radical (unpaired) electrons. The molecule has 0 saturated carbocycles. The Morgan fingerprint density at radius 3 is 2.94 bits per heavy atom. The molecule has 0 spiro atoms. The van der Waals surface area contributed by atoms with Crippen molar-refractivity contribution in [3.63, 3.8) is 0 Å². The zero-order valence-corrected chi connectivity index (χ0v) is 10.8. The van der Waals surface area contributed by atoms with Crippen LogP contribution in [0.1, 0.15) is 26.2 Å². The Kier molecular flexibility index (Phi) is 6.67. The average Bonchev–Trinajstić information content (AvgIpc) is 2.34. The summed E-state index contributed by atoms with van der Waals surface area (Å²) in [6.07, 6.45) is 1.86. The number of carbonyl (C=O) groups is 2. The lowest BCUT2D eigenvalue weighted by molar-refractivity contribution is -0.149. The van der Waals surface area contributed by atoms with Gasteiger partial charge >= 0.3 is 5.97 Å². The molecule has 1 unspecified atom stereocenters. The predicted molar refractivity (Wildman–Crippen MR) is 64.3 cm³/mol. The lowest BCUT2D eigenvalue weighted by atomic mass is 10.1. The predicted octanol–water partition coefficient (Wildman–Crippen LogP) is 0.505. The number of ether oxygens (including phenoxy) is 2. The highest BCUT2D eigenvalue weighted by atomic mass is 16.5. The highest BCUT2D eigenvalue weighted by Crippen LogP contribution is 2.11. The first-order chi connectivity index (χ1) is 8.65. The Labute approximate surface area is 107 Å². The summed E-state index contributed by atoms with van der Waals surface area (Å²) in [5.74, 6) is -1.07. The van der Waals surface area contributed by atoms with Crippen molar-refractivity contribution in [2.45, 2.75) is 32.2 Å². The lowest BCUT2D eigenvalue weighted by Crippen LogP contribution is -2.50. The molecule has 104 valence electrons. The highest BCUT2D eigenvalue weighted by Gasteiger charge is 2.28. The molecule has 1 atom stereocenters. The monoisotopic (exact) mass is 259 g/mol. The van der Waals surface area contributed by atoms with E-state index < -0.39 is 5.97 Å². The molecule has 1 fully saturated rings. The highest BCUT2D eigenvalue weighted by molar-refractivity contribution is 5.79. The van der Waals surface area contributed by atoms with Gasteiger partial charge in [0.05, 0.1) is 25.7 Å². The molecule has 0 aromatic rings. The van der Waals surface area contributed by atoms with Gasteiger partial charge in [-0.2, -0.15) is 0 Å². The Bertz CT molecular complexity index is 282. The van der Waals surface area contributed by atoms with Gasteiger partial charge in [0.15, 0.2) is 0 Å². The average molecular weight is 259 g/mol. The van der Waals surface area contributed by atoms with Gasteiger partial charge in [-0.1, -0.05) is 13.3 Å². The SMILES string of the molecule is CCCCOCC(=O)N1CCOCC1CC(=O)O. The van der Waals surface area contributed by atoms with Crippen LogP contribution in [0.3, 0.4) is 0 Å². The minimum Gasteiger partial charge on any atom is -0.481 e. The summed E-state index contributed by atoms with van der Waals surface area (Å²) in [6.45, 7) is 3.82. The molecule has 6 nitrogen and oxygen atoms in total. The van der Waals surface area contributed by atoms with Crippen molar-refractivity contribution < 1.29 is 24.2 Å². The van der Waals surface area contributed by atoms with Gasteiger partial charge in [-0.25, -0.2) is 0 Å². The molecular weight excluding hydrogens is 238 g/mol. The number of rotatable bonds is 7. The summed E-state index contributed by atoms with van der Waals surface area (Å²) >= 11 is 0. The third-order valence-electron chi connectivity index (χ3n) is 2.83. The number of nitrogens with zero attached hydrogens (tertiary/aromatic N) is 1. The maximum atomic E-state index is 11.9. The van der Waals surface area contributed by atoms with Crippen LogP contribution in [0, 0.1) is 0 Å². The van der Waals surface area contributed by atoms with Crippen molar-refractivity contribution in [1.29, 1.82) is 0 Å². The molecular formula is C12H21NO5. The summed E-state index contributed by atoms with van der Waals surface area (Å²) < 4.78 is 10.5. The normalized spacial score (nSPS) is 19.8. The molecule has 1 heterocycles. The summed E-state index contributed by atoms with van der Waals surface area (Å²) in [4.78, 5) is 24.2. The molecule has 18 heavy (non-hydrogen) atoms. The number of carboxylic acid groups (broad SMARTS) is 1. The fourth-order valence-electron chi connectivity index (χ4n) is 1.84. The standard InChI is InChI=1S/C12H21NO5/c1-2-3-5-17-9-11(14)13-4-6-18-8-10(13)7-12(15)16/h10H,2-9H2,1H3,(H,15,16). The van der Waals surface area contributed by atoms with Gasteiger partial charge in [0.1, 0.15) is 6.61 Å². The smallest absolute Gasteiger partial charge is 0.305 e. The van der Waals surface area contributed by atoms with Crippen LogP contribution in [0.4, 0.5) is 0 Å². The van der Waals surface area contributed by atoms with Crippen molar-refractivity contribution in [1.82, 2.24) is 4.90 Å². The van der Waals surface area contributed by atoms with Crippen molar-refractivity contribution in [2.75, 3.05) is 33.0 Å². The van der Waals surface area contributed by atoms with Gasteiger partial charge in [-0.15, -0.1) is 0 Å². The molecule has 1 aliphatic rings. The fourth-order valence-corrected chi connectivity index (χ4v) is 1.84. The van der Waals surface area contributed by atoms with Gasteiger partial charge in [0.25, 0.3) is 0 Å². The van der Waals surface area contributed by atoms with Crippen LogP contribution in [-0.2, 0) is 19.1 Å². The Morgan fingerprint density at radius 1 is 1.50 bits per heavy atom. The van der Waals surface area contributed by atoms with Crippen LogP contribution in [0.15, 0.2) is 0 Å². The molecule has 1 amide bonds.